The lowest BCUT2D eigenvalue weighted by molar-refractivity contribution is 0.102. The van der Waals surface area contributed by atoms with Crippen molar-refractivity contribution in [2.75, 3.05) is 24.3 Å². The van der Waals surface area contributed by atoms with Gasteiger partial charge in [0.1, 0.15) is 0 Å². The molecule has 5 heteroatoms. The number of hydrogen-bond acceptors (Lipinski definition) is 4. The number of aromatic nitrogens is 1. The first-order valence-electron chi connectivity index (χ1n) is 10.8. The second-order valence-electron chi connectivity index (χ2n) is 7.88. The van der Waals surface area contributed by atoms with E-state index in [0.29, 0.717) is 10.7 Å². The molecule has 162 valence electrons. The number of rotatable bonds is 7. The summed E-state index contributed by atoms with van der Waals surface area (Å²) in [4.78, 5) is 20.7. The first kappa shape index (κ1) is 21.8. The van der Waals surface area contributed by atoms with Crippen molar-refractivity contribution in [2.24, 2.45) is 0 Å². The van der Waals surface area contributed by atoms with Gasteiger partial charge < -0.3 is 4.90 Å². The lowest BCUT2D eigenvalue weighted by atomic mass is 10.0. The average Bonchev–Trinajstić information content (AvgIpc) is 3.22. The molecule has 4 rings (SSSR count). The fourth-order valence-electron chi connectivity index (χ4n) is 3.56. The van der Waals surface area contributed by atoms with Gasteiger partial charge in [-0.2, -0.15) is 0 Å². The van der Waals surface area contributed by atoms with Gasteiger partial charge in [-0.3, -0.25) is 10.1 Å². The number of nitrogens with zero attached hydrogens (tertiary/aromatic N) is 2. The number of nitrogens with one attached hydrogen (secondary N) is 1. The number of carbonyl (C=O) groups is 1. The van der Waals surface area contributed by atoms with Crippen LogP contribution in [0.2, 0.25) is 0 Å². The molecule has 0 aliphatic heterocycles. The second-order valence-corrected chi connectivity index (χ2v) is 8.96. The molecular weight excluding hydrogens is 414 g/mol. The van der Waals surface area contributed by atoms with Crippen molar-refractivity contribution < 1.29 is 4.79 Å². The topological polar surface area (TPSA) is 45.2 Å². The Morgan fingerprint density at radius 2 is 1.50 bits per heavy atom. The fraction of sp³-hybridized carbons (Fsp3) is 0.185. The van der Waals surface area contributed by atoms with Crippen LogP contribution in [0.4, 0.5) is 10.8 Å². The molecule has 0 bridgehead atoms. The molecular formula is C27H27N3OS. The van der Waals surface area contributed by atoms with E-state index in [-0.39, 0.29) is 5.91 Å². The summed E-state index contributed by atoms with van der Waals surface area (Å²) in [6.45, 7) is 2.16. The van der Waals surface area contributed by atoms with Crippen LogP contribution in [0.1, 0.15) is 28.6 Å². The Labute approximate surface area is 193 Å². The van der Waals surface area contributed by atoms with E-state index >= 15 is 0 Å². The monoisotopic (exact) mass is 441 g/mol. The van der Waals surface area contributed by atoms with Gasteiger partial charge in [0.25, 0.3) is 5.91 Å². The van der Waals surface area contributed by atoms with Crippen molar-refractivity contribution in [1.29, 1.82) is 0 Å². The highest BCUT2D eigenvalue weighted by molar-refractivity contribution is 7.16. The molecule has 0 aliphatic carbocycles. The molecule has 4 aromatic rings. The molecule has 1 amide bonds. The lowest BCUT2D eigenvalue weighted by Crippen LogP contribution is -2.13. The van der Waals surface area contributed by atoms with E-state index in [1.807, 2.05) is 61.5 Å². The van der Waals surface area contributed by atoms with E-state index in [1.165, 1.54) is 16.0 Å². The number of carbonyl (C=O) groups excluding carboxylic acids is 1. The summed E-state index contributed by atoms with van der Waals surface area (Å²) < 4.78 is 0. The summed E-state index contributed by atoms with van der Waals surface area (Å²) in [5.41, 5.74) is 6.07. The van der Waals surface area contributed by atoms with E-state index in [2.05, 4.69) is 48.6 Å². The number of thiazole rings is 1. The molecule has 32 heavy (non-hydrogen) atoms. The van der Waals surface area contributed by atoms with Crippen LogP contribution >= 0.6 is 11.3 Å². The van der Waals surface area contributed by atoms with Crippen molar-refractivity contribution in [3.05, 3.63) is 89.3 Å². The standard InChI is InChI=1S/C27H27N3OS/c1-4-8-24-25(21-13-11-20(12-14-21)19-9-6-5-7-10-19)28-27(32-24)29-26(31)22-15-17-23(18-16-22)30(2)3/h5-7,9-18H,4,8H2,1-3H3,(H,28,29,31). The van der Waals surface area contributed by atoms with Crippen LogP contribution in [-0.4, -0.2) is 25.0 Å². The van der Waals surface area contributed by atoms with E-state index in [4.69, 9.17) is 4.98 Å². The Balaban J connectivity index is 1.56. The SMILES string of the molecule is CCCc1sc(NC(=O)c2ccc(N(C)C)cc2)nc1-c1ccc(-c2ccccc2)cc1. The highest BCUT2D eigenvalue weighted by atomic mass is 32.1. The van der Waals surface area contributed by atoms with Gasteiger partial charge in [0.15, 0.2) is 5.13 Å². The Bertz CT molecular complexity index is 1180. The number of amides is 1. The van der Waals surface area contributed by atoms with Gasteiger partial charge in [-0.15, -0.1) is 11.3 Å². The van der Waals surface area contributed by atoms with Gasteiger partial charge in [0.2, 0.25) is 0 Å². The molecule has 0 unspecified atom stereocenters. The summed E-state index contributed by atoms with van der Waals surface area (Å²) >= 11 is 1.56. The molecule has 0 saturated carbocycles. The largest absolute Gasteiger partial charge is 0.378 e. The van der Waals surface area contributed by atoms with Gasteiger partial charge in [0.05, 0.1) is 5.69 Å². The molecule has 1 aromatic heterocycles. The predicted molar refractivity (Wildman–Crippen MR) is 136 cm³/mol. The van der Waals surface area contributed by atoms with Crippen molar-refractivity contribution in [1.82, 2.24) is 4.98 Å². The third-order valence-corrected chi connectivity index (χ3v) is 6.34. The van der Waals surface area contributed by atoms with E-state index in [1.54, 1.807) is 11.3 Å². The minimum Gasteiger partial charge on any atom is -0.378 e. The minimum absolute atomic E-state index is 0.141. The maximum atomic E-state index is 12.8. The van der Waals surface area contributed by atoms with Crippen LogP contribution in [0.3, 0.4) is 0 Å². The zero-order valence-electron chi connectivity index (χ0n) is 18.6. The van der Waals surface area contributed by atoms with Crippen molar-refractivity contribution in [3.8, 4) is 22.4 Å². The van der Waals surface area contributed by atoms with Crippen LogP contribution in [0.15, 0.2) is 78.9 Å². The molecule has 4 nitrogen and oxygen atoms in total. The highest BCUT2D eigenvalue weighted by Crippen LogP contribution is 2.33. The van der Waals surface area contributed by atoms with Crippen LogP contribution in [0, 0.1) is 0 Å². The van der Waals surface area contributed by atoms with Gasteiger partial charge >= 0.3 is 0 Å². The van der Waals surface area contributed by atoms with Crippen LogP contribution < -0.4 is 10.2 Å². The summed E-state index contributed by atoms with van der Waals surface area (Å²) in [7, 11) is 3.96. The Morgan fingerprint density at radius 1 is 0.875 bits per heavy atom. The van der Waals surface area contributed by atoms with Crippen molar-refractivity contribution in [3.63, 3.8) is 0 Å². The molecule has 3 aromatic carbocycles. The molecule has 0 fully saturated rings. The molecule has 0 radical (unpaired) electrons. The van der Waals surface area contributed by atoms with Gasteiger partial charge in [-0.1, -0.05) is 67.9 Å². The third-order valence-electron chi connectivity index (χ3n) is 5.31. The second kappa shape index (κ2) is 9.79. The number of anilines is 2. The number of hydrogen-bond donors (Lipinski definition) is 1. The van der Waals surface area contributed by atoms with Crippen LogP contribution in [0.25, 0.3) is 22.4 Å². The summed E-state index contributed by atoms with van der Waals surface area (Å²) in [5, 5.41) is 3.62. The Morgan fingerprint density at radius 3 is 2.12 bits per heavy atom. The minimum atomic E-state index is -0.141. The molecule has 1 N–H and O–H groups in total. The lowest BCUT2D eigenvalue weighted by Gasteiger charge is -2.12. The summed E-state index contributed by atoms with van der Waals surface area (Å²) in [6.07, 6.45) is 1.96. The fourth-order valence-corrected chi connectivity index (χ4v) is 4.64. The maximum Gasteiger partial charge on any atom is 0.257 e. The highest BCUT2D eigenvalue weighted by Gasteiger charge is 2.15. The first-order chi connectivity index (χ1) is 15.5. The van der Waals surface area contributed by atoms with Gasteiger partial charge in [-0.25, -0.2) is 4.98 Å². The smallest absolute Gasteiger partial charge is 0.257 e. The van der Waals surface area contributed by atoms with Crippen molar-refractivity contribution in [2.45, 2.75) is 19.8 Å². The number of benzene rings is 3. The molecule has 0 atom stereocenters. The predicted octanol–water partition coefficient (Wildman–Crippen LogP) is 6.75. The zero-order chi connectivity index (χ0) is 22.5. The molecule has 1 heterocycles. The Hall–Kier alpha value is -3.44. The zero-order valence-corrected chi connectivity index (χ0v) is 19.4. The Kier molecular flexibility index (Phi) is 6.66. The third kappa shape index (κ3) is 4.89. The van der Waals surface area contributed by atoms with Gasteiger partial charge in [0, 0.05) is 35.8 Å². The quantitative estimate of drug-likeness (QED) is 0.345. The van der Waals surface area contributed by atoms with E-state index in [0.717, 1.165) is 29.8 Å². The first-order valence-corrected chi connectivity index (χ1v) is 11.6. The van der Waals surface area contributed by atoms with E-state index < -0.39 is 0 Å². The maximum absolute atomic E-state index is 12.8. The normalized spacial score (nSPS) is 10.7. The summed E-state index contributed by atoms with van der Waals surface area (Å²) in [6, 6.07) is 26.4. The number of aryl methyl sites for hydroxylation is 1. The van der Waals surface area contributed by atoms with Gasteiger partial charge in [-0.05, 0) is 41.8 Å². The summed E-state index contributed by atoms with van der Waals surface area (Å²) in [5.74, 6) is -0.141. The average molecular weight is 442 g/mol. The molecule has 0 spiro atoms. The van der Waals surface area contributed by atoms with Crippen molar-refractivity contribution >= 4 is 28.1 Å². The van der Waals surface area contributed by atoms with Crippen LogP contribution in [0.5, 0.6) is 0 Å². The molecule has 0 aliphatic rings. The van der Waals surface area contributed by atoms with Crippen LogP contribution in [-0.2, 0) is 6.42 Å². The van der Waals surface area contributed by atoms with E-state index in [9.17, 15) is 4.79 Å². The molecule has 0 saturated heterocycles.